The molecule has 4 nitrogen and oxygen atoms in total. The lowest BCUT2D eigenvalue weighted by atomic mass is 9.93. The lowest BCUT2D eigenvalue weighted by molar-refractivity contribution is -0.132. The molecule has 1 amide bonds. The first kappa shape index (κ1) is 19.3. The van der Waals surface area contributed by atoms with E-state index in [-0.39, 0.29) is 11.8 Å². The van der Waals surface area contributed by atoms with Crippen LogP contribution in [0.1, 0.15) is 37.7 Å². The van der Waals surface area contributed by atoms with Crippen LogP contribution in [0.25, 0.3) is 0 Å². The molecule has 1 aliphatic heterocycles. The van der Waals surface area contributed by atoms with Gasteiger partial charge in [-0.25, -0.2) is 0 Å². The lowest BCUT2D eigenvalue weighted by Crippen LogP contribution is -2.38. The molecule has 1 atom stereocenters. The summed E-state index contributed by atoms with van der Waals surface area (Å²) in [6.07, 6.45) is 2.91. The number of ether oxygens (including phenoxy) is 1. The SMILES string of the molecule is CCCC(C(=O)N1CCCN(c2ccc(OC)cc2)CC1)c1ccccc1. The molecule has 0 aliphatic carbocycles. The van der Waals surface area contributed by atoms with E-state index in [2.05, 4.69) is 41.0 Å². The second kappa shape index (κ2) is 9.45. The van der Waals surface area contributed by atoms with Crippen LogP contribution in [0.4, 0.5) is 5.69 Å². The third kappa shape index (κ3) is 4.82. The highest BCUT2D eigenvalue weighted by atomic mass is 16.5. The smallest absolute Gasteiger partial charge is 0.230 e. The van der Waals surface area contributed by atoms with E-state index in [0.29, 0.717) is 0 Å². The molecule has 0 bridgehead atoms. The normalized spacial score (nSPS) is 15.9. The highest BCUT2D eigenvalue weighted by Crippen LogP contribution is 2.25. The molecule has 0 aromatic heterocycles. The van der Waals surface area contributed by atoms with E-state index in [9.17, 15) is 4.79 Å². The van der Waals surface area contributed by atoms with E-state index in [1.807, 2.05) is 30.3 Å². The van der Waals surface area contributed by atoms with Crippen molar-refractivity contribution < 1.29 is 9.53 Å². The zero-order valence-corrected chi connectivity index (χ0v) is 16.4. The van der Waals surface area contributed by atoms with Gasteiger partial charge in [-0.1, -0.05) is 43.7 Å². The summed E-state index contributed by atoms with van der Waals surface area (Å²) in [5, 5.41) is 0. The molecule has 144 valence electrons. The summed E-state index contributed by atoms with van der Waals surface area (Å²) in [4.78, 5) is 17.7. The Labute approximate surface area is 162 Å². The van der Waals surface area contributed by atoms with Crippen LogP contribution >= 0.6 is 0 Å². The number of benzene rings is 2. The Hall–Kier alpha value is -2.49. The van der Waals surface area contributed by atoms with Gasteiger partial charge in [0.25, 0.3) is 0 Å². The highest BCUT2D eigenvalue weighted by Gasteiger charge is 2.26. The van der Waals surface area contributed by atoms with E-state index < -0.39 is 0 Å². The number of carbonyl (C=O) groups is 1. The fourth-order valence-corrected chi connectivity index (χ4v) is 3.82. The molecule has 1 saturated heterocycles. The van der Waals surface area contributed by atoms with Crippen LogP contribution in [-0.2, 0) is 4.79 Å². The number of hydrogen-bond donors (Lipinski definition) is 0. The van der Waals surface area contributed by atoms with Gasteiger partial charge in [0.15, 0.2) is 0 Å². The molecule has 1 aliphatic rings. The molecular formula is C23H30N2O2. The van der Waals surface area contributed by atoms with Crippen molar-refractivity contribution in [3.8, 4) is 5.75 Å². The van der Waals surface area contributed by atoms with Gasteiger partial charge in [0.2, 0.25) is 5.91 Å². The van der Waals surface area contributed by atoms with Crippen LogP contribution in [0.3, 0.4) is 0 Å². The molecule has 0 saturated carbocycles. The third-order valence-electron chi connectivity index (χ3n) is 5.32. The number of carbonyl (C=O) groups excluding carboxylic acids is 1. The summed E-state index contributed by atoms with van der Waals surface area (Å²) < 4.78 is 5.25. The monoisotopic (exact) mass is 366 g/mol. The van der Waals surface area contributed by atoms with Crippen LogP contribution in [0.2, 0.25) is 0 Å². The minimum atomic E-state index is -0.0243. The molecule has 27 heavy (non-hydrogen) atoms. The molecule has 0 spiro atoms. The molecule has 3 rings (SSSR count). The molecule has 0 N–H and O–H groups in total. The van der Waals surface area contributed by atoms with Gasteiger partial charge >= 0.3 is 0 Å². The number of hydrogen-bond acceptors (Lipinski definition) is 3. The Bertz CT molecular complexity index is 715. The van der Waals surface area contributed by atoms with E-state index in [1.165, 1.54) is 5.69 Å². The van der Waals surface area contributed by atoms with Crippen molar-refractivity contribution >= 4 is 11.6 Å². The first-order valence-electron chi connectivity index (χ1n) is 9.95. The van der Waals surface area contributed by atoms with Crippen LogP contribution in [0, 0.1) is 0 Å². The van der Waals surface area contributed by atoms with Crippen LogP contribution in [0.15, 0.2) is 54.6 Å². The average molecular weight is 367 g/mol. The maximum absolute atomic E-state index is 13.3. The van der Waals surface area contributed by atoms with Crippen molar-refractivity contribution in [2.75, 3.05) is 38.2 Å². The van der Waals surface area contributed by atoms with Gasteiger partial charge in [-0.05, 0) is 42.7 Å². The molecule has 2 aromatic carbocycles. The first-order valence-corrected chi connectivity index (χ1v) is 9.95. The number of rotatable bonds is 6. The fraction of sp³-hybridized carbons (Fsp3) is 0.435. The summed E-state index contributed by atoms with van der Waals surface area (Å²) in [5.41, 5.74) is 2.33. The zero-order valence-electron chi connectivity index (χ0n) is 16.4. The Kier molecular flexibility index (Phi) is 6.74. The van der Waals surface area contributed by atoms with E-state index in [0.717, 1.165) is 56.8 Å². The molecule has 1 fully saturated rings. The molecule has 1 heterocycles. The maximum atomic E-state index is 13.3. The molecule has 2 aromatic rings. The minimum Gasteiger partial charge on any atom is -0.497 e. The van der Waals surface area contributed by atoms with Gasteiger partial charge in [0.05, 0.1) is 13.0 Å². The predicted octanol–water partition coefficient (Wildman–Crippen LogP) is 4.32. The first-order chi connectivity index (χ1) is 13.2. The summed E-state index contributed by atoms with van der Waals surface area (Å²) in [7, 11) is 1.68. The number of methoxy groups -OCH3 is 1. The Balaban J connectivity index is 1.67. The zero-order chi connectivity index (χ0) is 19.1. The largest absolute Gasteiger partial charge is 0.497 e. The van der Waals surface area contributed by atoms with Gasteiger partial charge < -0.3 is 14.5 Å². The Morgan fingerprint density at radius 1 is 1.00 bits per heavy atom. The Morgan fingerprint density at radius 3 is 2.41 bits per heavy atom. The second-order valence-corrected chi connectivity index (χ2v) is 7.12. The van der Waals surface area contributed by atoms with Crippen LogP contribution in [0.5, 0.6) is 5.75 Å². The molecule has 1 unspecified atom stereocenters. The quantitative estimate of drug-likeness (QED) is 0.763. The molecular weight excluding hydrogens is 336 g/mol. The van der Waals surface area contributed by atoms with Gasteiger partial charge in [-0.3, -0.25) is 4.79 Å². The Morgan fingerprint density at radius 2 is 1.74 bits per heavy atom. The summed E-state index contributed by atoms with van der Waals surface area (Å²) in [6, 6.07) is 18.4. The summed E-state index contributed by atoms with van der Waals surface area (Å²) >= 11 is 0. The van der Waals surface area contributed by atoms with Crippen molar-refractivity contribution in [1.82, 2.24) is 4.90 Å². The van der Waals surface area contributed by atoms with Crippen molar-refractivity contribution in [2.45, 2.75) is 32.1 Å². The van der Waals surface area contributed by atoms with E-state index in [4.69, 9.17) is 4.74 Å². The van der Waals surface area contributed by atoms with Gasteiger partial charge in [0.1, 0.15) is 5.75 Å². The van der Waals surface area contributed by atoms with Crippen molar-refractivity contribution in [3.05, 3.63) is 60.2 Å². The summed E-state index contributed by atoms with van der Waals surface area (Å²) in [5.74, 6) is 1.12. The number of anilines is 1. The second-order valence-electron chi connectivity index (χ2n) is 7.12. The van der Waals surface area contributed by atoms with Crippen molar-refractivity contribution in [1.29, 1.82) is 0 Å². The van der Waals surface area contributed by atoms with Gasteiger partial charge in [-0.15, -0.1) is 0 Å². The minimum absolute atomic E-state index is 0.0243. The maximum Gasteiger partial charge on any atom is 0.230 e. The van der Waals surface area contributed by atoms with E-state index in [1.54, 1.807) is 7.11 Å². The number of nitrogens with zero attached hydrogens (tertiary/aromatic N) is 2. The van der Waals surface area contributed by atoms with Gasteiger partial charge in [-0.2, -0.15) is 0 Å². The van der Waals surface area contributed by atoms with Crippen LogP contribution in [-0.4, -0.2) is 44.1 Å². The number of amides is 1. The molecule has 0 radical (unpaired) electrons. The average Bonchev–Trinajstić information content (AvgIpc) is 2.98. The highest BCUT2D eigenvalue weighted by molar-refractivity contribution is 5.83. The third-order valence-corrected chi connectivity index (χ3v) is 5.32. The van der Waals surface area contributed by atoms with Crippen molar-refractivity contribution in [3.63, 3.8) is 0 Å². The van der Waals surface area contributed by atoms with E-state index >= 15 is 0 Å². The molecule has 4 heteroatoms. The summed E-state index contributed by atoms with van der Waals surface area (Å²) in [6.45, 7) is 5.60. The van der Waals surface area contributed by atoms with Crippen molar-refractivity contribution in [2.24, 2.45) is 0 Å². The fourth-order valence-electron chi connectivity index (χ4n) is 3.82. The predicted molar refractivity (Wildman–Crippen MR) is 110 cm³/mol. The standard InChI is InChI=1S/C23H30N2O2/c1-3-8-22(19-9-5-4-6-10-19)23(26)25-16-7-15-24(17-18-25)20-11-13-21(27-2)14-12-20/h4-6,9-14,22H,3,7-8,15-18H2,1-2H3. The van der Waals surface area contributed by atoms with Crippen LogP contribution < -0.4 is 9.64 Å². The van der Waals surface area contributed by atoms with Gasteiger partial charge in [0, 0.05) is 31.9 Å². The topological polar surface area (TPSA) is 32.8 Å². The lowest BCUT2D eigenvalue weighted by Gasteiger charge is -2.27.